The van der Waals surface area contributed by atoms with Gasteiger partial charge in [0.15, 0.2) is 5.01 Å². The third-order valence-corrected chi connectivity index (χ3v) is 2.73. The van der Waals surface area contributed by atoms with Crippen molar-refractivity contribution in [1.82, 2.24) is 15.8 Å². The van der Waals surface area contributed by atoms with Crippen LogP contribution in [0.5, 0.6) is 0 Å². The highest BCUT2D eigenvalue weighted by Gasteiger charge is 2.16. The Balaban J connectivity index is 0.000000845. The average Bonchev–Trinajstić information content (AvgIpc) is 2.46. The Bertz CT molecular complexity index is 303. The lowest BCUT2D eigenvalue weighted by molar-refractivity contribution is 0.0999. The Hall–Kier alpha value is -0.690. The summed E-state index contributed by atoms with van der Waals surface area (Å²) >= 11 is 1.36. The van der Waals surface area contributed by atoms with Crippen molar-refractivity contribution in [1.29, 1.82) is 0 Å². The van der Waals surface area contributed by atoms with Crippen LogP contribution in [0.4, 0.5) is 0 Å². The number of aromatic nitrogens is 1. The molecule has 5 nitrogen and oxygen atoms in total. The lowest BCUT2D eigenvalue weighted by Crippen LogP contribution is -2.35. The summed E-state index contributed by atoms with van der Waals surface area (Å²) in [4.78, 5) is 15.9. The van der Waals surface area contributed by atoms with Crippen LogP contribution in [-0.4, -0.2) is 10.9 Å². The summed E-state index contributed by atoms with van der Waals surface area (Å²) in [5.74, 6) is -0.450. The van der Waals surface area contributed by atoms with Crippen molar-refractivity contribution in [3.63, 3.8) is 0 Å². The van der Waals surface area contributed by atoms with E-state index in [0.29, 0.717) is 18.1 Å². The molecule has 13 heavy (non-hydrogen) atoms. The van der Waals surface area contributed by atoms with Crippen LogP contribution in [0.3, 0.4) is 0 Å². The minimum atomic E-state index is -0.450. The number of halogens is 1. The second-order valence-corrected chi connectivity index (χ2v) is 3.54. The number of primary amides is 1. The fraction of sp³-hybridized carbons (Fsp3) is 0.333. The number of hydrazine groups is 1. The summed E-state index contributed by atoms with van der Waals surface area (Å²) in [5.41, 5.74) is 11.9. The van der Waals surface area contributed by atoms with Gasteiger partial charge in [-0.1, -0.05) is 0 Å². The molecule has 1 aromatic heterocycles. The van der Waals surface area contributed by atoms with Crippen LogP contribution in [0.25, 0.3) is 0 Å². The van der Waals surface area contributed by atoms with Crippen LogP contribution in [0.15, 0.2) is 0 Å². The predicted octanol–water partition coefficient (Wildman–Crippen LogP) is -0.228. The van der Waals surface area contributed by atoms with Crippen LogP contribution in [0, 0.1) is 0 Å². The SMILES string of the molecule is Cl.NC(=O)c1nc2c(s1)CNNC2. The molecular formula is C6H9ClN4OS. The molecule has 0 atom stereocenters. The van der Waals surface area contributed by atoms with Crippen molar-refractivity contribution in [2.24, 2.45) is 5.73 Å². The van der Waals surface area contributed by atoms with Gasteiger partial charge in [-0.2, -0.15) is 0 Å². The van der Waals surface area contributed by atoms with Gasteiger partial charge in [0.2, 0.25) is 0 Å². The van der Waals surface area contributed by atoms with Gasteiger partial charge < -0.3 is 5.73 Å². The Kier molecular flexibility index (Phi) is 3.21. The number of nitrogens with one attached hydrogen (secondary N) is 2. The van der Waals surface area contributed by atoms with Crippen molar-refractivity contribution in [3.05, 3.63) is 15.6 Å². The molecule has 0 bridgehead atoms. The van der Waals surface area contributed by atoms with E-state index >= 15 is 0 Å². The number of nitrogens with two attached hydrogens (primary N) is 1. The van der Waals surface area contributed by atoms with Gasteiger partial charge in [0, 0.05) is 11.4 Å². The van der Waals surface area contributed by atoms with E-state index in [1.54, 1.807) is 0 Å². The number of carbonyl (C=O) groups is 1. The Morgan fingerprint density at radius 1 is 1.46 bits per heavy atom. The van der Waals surface area contributed by atoms with Gasteiger partial charge in [-0.15, -0.1) is 23.7 Å². The molecule has 1 aromatic rings. The second-order valence-electron chi connectivity index (χ2n) is 2.46. The molecule has 7 heteroatoms. The van der Waals surface area contributed by atoms with E-state index < -0.39 is 5.91 Å². The highest BCUT2D eigenvalue weighted by molar-refractivity contribution is 7.13. The second kappa shape index (κ2) is 4.01. The number of rotatable bonds is 1. The molecule has 0 unspecified atom stereocenters. The first-order chi connectivity index (χ1) is 5.77. The van der Waals surface area contributed by atoms with Gasteiger partial charge in [-0.3, -0.25) is 15.6 Å². The van der Waals surface area contributed by atoms with E-state index in [-0.39, 0.29) is 12.4 Å². The number of thiazole rings is 1. The minimum absolute atomic E-state index is 0. The zero-order valence-electron chi connectivity index (χ0n) is 6.66. The van der Waals surface area contributed by atoms with Crippen LogP contribution in [0.1, 0.15) is 20.4 Å². The van der Waals surface area contributed by atoms with Gasteiger partial charge in [-0.05, 0) is 0 Å². The van der Waals surface area contributed by atoms with Crippen molar-refractivity contribution in [2.45, 2.75) is 13.1 Å². The standard InChI is InChI=1S/C6H8N4OS.ClH/c7-5(11)6-10-3-1-8-9-2-4(3)12-6;/h8-9H,1-2H2,(H2,7,11);1H. The zero-order chi connectivity index (χ0) is 8.55. The van der Waals surface area contributed by atoms with E-state index in [2.05, 4.69) is 15.8 Å². The molecule has 0 fully saturated rings. The van der Waals surface area contributed by atoms with Gasteiger partial charge in [0.1, 0.15) is 0 Å². The number of carbonyl (C=O) groups excluding carboxylic acids is 1. The molecule has 0 aromatic carbocycles. The first kappa shape index (κ1) is 10.4. The van der Waals surface area contributed by atoms with Gasteiger partial charge in [0.25, 0.3) is 5.91 Å². The summed E-state index contributed by atoms with van der Waals surface area (Å²) in [5, 5.41) is 0.394. The van der Waals surface area contributed by atoms with E-state index in [9.17, 15) is 4.79 Å². The normalized spacial score (nSPS) is 14.5. The summed E-state index contributed by atoms with van der Waals surface area (Å²) in [6.07, 6.45) is 0. The van der Waals surface area contributed by atoms with E-state index in [4.69, 9.17) is 5.73 Å². The Labute approximate surface area is 85.1 Å². The highest BCUT2D eigenvalue weighted by Crippen LogP contribution is 2.19. The lowest BCUT2D eigenvalue weighted by atomic mass is 10.3. The van der Waals surface area contributed by atoms with Crippen molar-refractivity contribution >= 4 is 29.7 Å². The molecule has 2 rings (SSSR count). The fourth-order valence-electron chi connectivity index (χ4n) is 1.05. The summed E-state index contributed by atoms with van der Waals surface area (Å²) in [6.45, 7) is 1.36. The molecule has 72 valence electrons. The molecule has 2 heterocycles. The number of hydrogen-bond acceptors (Lipinski definition) is 5. The monoisotopic (exact) mass is 220 g/mol. The van der Waals surface area contributed by atoms with Gasteiger partial charge in [0.05, 0.1) is 12.2 Å². The van der Waals surface area contributed by atoms with Crippen LogP contribution in [0.2, 0.25) is 0 Å². The molecule has 0 saturated heterocycles. The number of nitrogens with zero attached hydrogens (tertiary/aromatic N) is 1. The first-order valence-corrected chi connectivity index (χ1v) is 4.33. The molecule has 1 amide bonds. The Morgan fingerprint density at radius 2 is 2.15 bits per heavy atom. The summed E-state index contributed by atoms with van der Waals surface area (Å²) < 4.78 is 0. The molecule has 4 N–H and O–H groups in total. The van der Waals surface area contributed by atoms with Crippen LogP contribution < -0.4 is 16.6 Å². The fourth-order valence-corrected chi connectivity index (χ4v) is 1.92. The van der Waals surface area contributed by atoms with Gasteiger partial charge in [-0.25, -0.2) is 4.98 Å². The average molecular weight is 221 g/mol. The molecule has 0 aliphatic carbocycles. The number of fused-ring (bicyclic) bond motifs is 1. The first-order valence-electron chi connectivity index (χ1n) is 3.51. The smallest absolute Gasteiger partial charge is 0.277 e. The van der Waals surface area contributed by atoms with E-state index in [1.807, 2.05) is 0 Å². The maximum atomic E-state index is 10.7. The minimum Gasteiger partial charge on any atom is -0.364 e. The predicted molar refractivity (Wildman–Crippen MR) is 51.6 cm³/mol. The third-order valence-electron chi connectivity index (χ3n) is 1.62. The van der Waals surface area contributed by atoms with Crippen molar-refractivity contribution < 1.29 is 4.79 Å². The maximum Gasteiger partial charge on any atom is 0.277 e. The topological polar surface area (TPSA) is 80.0 Å². The van der Waals surface area contributed by atoms with E-state index in [1.165, 1.54) is 11.3 Å². The van der Waals surface area contributed by atoms with Gasteiger partial charge >= 0.3 is 0 Å². The number of hydrogen-bond donors (Lipinski definition) is 3. The maximum absolute atomic E-state index is 10.7. The van der Waals surface area contributed by atoms with Crippen LogP contribution >= 0.6 is 23.7 Å². The molecule has 0 radical (unpaired) electrons. The van der Waals surface area contributed by atoms with Crippen LogP contribution in [-0.2, 0) is 13.1 Å². The highest BCUT2D eigenvalue weighted by atomic mass is 35.5. The third kappa shape index (κ3) is 1.97. The molecule has 1 aliphatic heterocycles. The zero-order valence-corrected chi connectivity index (χ0v) is 8.30. The van der Waals surface area contributed by atoms with Crippen molar-refractivity contribution in [3.8, 4) is 0 Å². The largest absolute Gasteiger partial charge is 0.364 e. The van der Waals surface area contributed by atoms with Crippen molar-refractivity contribution in [2.75, 3.05) is 0 Å². The Morgan fingerprint density at radius 3 is 2.77 bits per heavy atom. The molecular weight excluding hydrogens is 212 g/mol. The summed E-state index contributed by atoms with van der Waals surface area (Å²) in [7, 11) is 0. The number of amides is 1. The molecule has 1 aliphatic rings. The lowest BCUT2D eigenvalue weighted by Gasteiger charge is -2.11. The quantitative estimate of drug-likeness (QED) is 0.611. The molecule has 0 spiro atoms. The van der Waals surface area contributed by atoms with E-state index in [0.717, 1.165) is 10.6 Å². The molecule has 0 saturated carbocycles. The summed E-state index contributed by atoms with van der Waals surface area (Å²) in [6, 6.07) is 0.